The Hall–Kier alpha value is -1.49. The molecule has 0 radical (unpaired) electrons. The van der Waals surface area contributed by atoms with Gasteiger partial charge >= 0.3 is 0 Å². The van der Waals surface area contributed by atoms with E-state index in [-0.39, 0.29) is 5.54 Å². The van der Waals surface area contributed by atoms with Crippen molar-refractivity contribution in [3.8, 4) is 17.0 Å². The van der Waals surface area contributed by atoms with Gasteiger partial charge in [0.15, 0.2) is 0 Å². The molecule has 2 rings (SSSR count). The molecule has 0 atom stereocenters. The predicted octanol–water partition coefficient (Wildman–Crippen LogP) is 3.66. The fraction of sp³-hybridized carbons (Fsp3) is 0.357. The molecule has 0 fully saturated rings. The van der Waals surface area contributed by atoms with E-state index >= 15 is 0 Å². The van der Waals surface area contributed by atoms with Crippen molar-refractivity contribution >= 4 is 21.7 Å². The molecule has 19 heavy (non-hydrogen) atoms. The van der Waals surface area contributed by atoms with Crippen LogP contribution in [0.15, 0.2) is 29.0 Å². The van der Waals surface area contributed by atoms with Gasteiger partial charge in [-0.05, 0) is 54.9 Å². The van der Waals surface area contributed by atoms with Gasteiger partial charge in [-0.2, -0.15) is 0 Å². The molecule has 0 bridgehead atoms. The number of aromatic nitrogens is 2. The third-order valence-electron chi connectivity index (χ3n) is 2.95. The maximum absolute atomic E-state index is 6.20. The van der Waals surface area contributed by atoms with E-state index in [2.05, 4.69) is 41.7 Å². The van der Waals surface area contributed by atoms with Crippen LogP contribution in [-0.2, 0) is 5.54 Å². The first-order chi connectivity index (χ1) is 8.84. The van der Waals surface area contributed by atoms with Gasteiger partial charge in [-0.25, -0.2) is 4.98 Å². The number of nitrogen functional groups attached to an aromatic ring is 1. The number of hydrogen-bond donors (Lipinski definition) is 1. The van der Waals surface area contributed by atoms with Crippen LogP contribution >= 0.6 is 15.9 Å². The lowest BCUT2D eigenvalue weighted by atomic mass is 10.1. The lowest BCUT2D eigenvalue weighted by Gasteiger charge is -2.22. The SMILES string of the molecule is COc1ccc(-c2ncn(C(C)(C)C)c2N)cc1Br. The summed E-state index contributed by atoms with van der Waals surface area (Å²) in [5, 5.41) is 0. The molecule has 2 N–H and O–H groups in total. The Bertz CT molecular complexity index is 599. The molecule has 0 aliphatic rings. The highest BCUT2D eigenvalue weighted by atomic mass is 79.9. The van der Waals surface area contributed by atoms with E-state index in [0.717, 1.165) is 21.5 Å². The molecule has 1 aromatic carbocycles. The Kier molecular flexibility index (Phi) is 3.58. The molecule has 1 heterocycles. The Morgan fingerprint density at radius 1 is 1.32 bits per heavy atom. The van der Waals surface area contributed by atoms with Crippen LogP contribution < -0.4 is 10.5 Å². The van der Waals surface area contributed by atoms with Crippen LogP contribution in [0.5, 0.6) is 5.75 Å². The summed E-state index contributed by atoms with van der Waals surface area (Å²) in [5.74, 6) is 1.46. The quantitative estimate of drug-likeness (QED) is 0.917. The normalized spacial score (nSPS) is 11.6. The molecule has 1 aromatic heterocycles. The Balaban J connectivity index is 2.49. The van der Waals surface area contributed by atoms with Crippen LogP contribution in [-0.4, -0.2) is 16.7 Å². The fourth-order valence-electron chi connectivity index (χ4n) is 1.93. The zero-order chi connectivity index (χ0) is 14.2. The highest BCUT2D eigenvalue weighted by molar-refractivity contribution is 9.10. The third kappa shape index (κ3) is 2.61. The van der Waals surface area contributed by atoms with Gasteiger partial charge in [-0.1, -0.05) is 0 Å². The predicted molar refractivity (Wildman–Crippen MR) is 81.3 cm³/mol. The van der Waals surface area contributed by atoms with Gasteiger partial charge in [0.1, 0.15) is 17.3 Å². The molecule has 0 amide bonds. The smallest absolute Gasteiger partial charge is 0.133 e. The second kappa shape index (κ2) is 4.89. The minimum atomic E-state index is -0.0843. The Morgan fingerprint density at radius 2 is 2.00 bits per heavy atom. The van der Waals surface area contributed by atoms with E-state index in [1.165, 1.54) is 0 Å². The first-order valence-corrected chi connectivity index (χ1v) is 6.81. The molecule has 4 nitrogen and oxygen atoms in total. The van der Waals surface area contributed by atoms with E-state index in [4.69, 9.17) is 10.5 Å². The largest absolute Gasteiger partial charge is 0.496 e. The molecule has 0 aliphatic carbocycles. The zero-order valence-electron chi connectivity index (χ0n) is 11.6. The summed E-state index contributed by atoms with van der Waals surface area (Å²) in [5.41, 5.74) is 7.87. The first-order valence-electron chi connectivity index (χ1n) is 6.02. The lowest BCUT2D eigenvalue weighted by molar-refractivity contribution is 0.402. The molecule has 2 aromatic rings. The van der Waals surface area contributed by atoms with Gasteiger partial charge in [0.05, 0.1) is 17.9 Å². The highest BCUT2D eigenvalue weighted by Gasteiger charge is 2.19. The van der Waals surface area contributed by atoms with Crippen LogP contribution in [0, 0.1) is 0 Å². The minimum absolute atomic E-state index is 0.0843. The summed E-state index contributed by atoms with van der Waals surface area (Å²) in [6, 6.07) is 5.81. The van der Waals surface area contributed by atoms with Crippen molar-refractivity contribution < 1.29 is 4.74 Å². The van der Waals surface area contributed by atoms with Crippen molar-refractivity contribution in [2.45, 2.75) is 26.3 Å². The molecular formula is C14H18BrN3O. The van der Waals surface area contributed by atoms with Crippen molar-refractivity contribution in [2.75, 3.05) is 12.8 Å². The number of anilines is 1. The van der Waals surface area contributed by atoms with Crippen molar-refractivity contribution in [1.29, 1.82) is 0 Å². The number of imidazole rings is 1. The van der Waals surface area contributed by atoms with Crippen LogP contribution in [0.4, 0.5) is 5.82 Å². The van der Waals surface area contributed by atoms with Crippen molar-refractivity contribution in [1.82, 2.24) is 9.55 Å². The van der Waals surface area contributed by atoms with Gasteiger partial charge in [0.2, 0.25) is 0 Å². The van der Waals surface area contributed by atoms with Crippen molar-refractivity contribution in [3.63, 3.8) is 0 Å². The van der Waals surface area contributed by atoms with Gasteiger partial charge < -0.3 is 15.0 Å². The van der Waals surface area contributed by atoms with E-state index in [1.807, 2.05) is 22.8 Å². The molecule has 0 spiro atoms. The number of halogens is 1. The van der Waals surface area contributed by atoms with Gasteiger partial charge in [0, 0.05) is 11.1 Å². The molecule has 0 aliphatic heterocycles. The number of rotatable bonds is 2. The monoisotopic (exact) mass is 323 g/mol. The molecular weight excluding hydrogens is 306 g/mol. The average molecular weight is 324 g/mol. The van der Waals surface area contributed by atoms with E-state index in [1.54, 1.807) is 13.4 Å². The number of hydrogen-bond acceptors (Lipinski definition) is 3. The minimum Gasteiger partial charge on any atom is -0.496 e. The Morgan fingerprint density at radius 3 is 2.47 bits per heavy atom. The van der Waals surface area contributed by atoms with Crippen LogP contribution in [0.1, 0.15) is 20.8 Å². The zero-order valence-corrected chi connectivity index (χ0v) is 13.2. The summed E-state index contributed by atoms with van der Waals surface area (Å²) in [7, 11) is 1.64. The second-order valence-electron chi connectivity index (χ2n) is 5.37. The highest BCUT2D eigenvalue weighted by Crippen LogP contribution is 2.33. The average Bonchev–Trinajstić information content (AvgIpc) is 2.70. The molecule has 0 saturated carbocycles. The summed E-state index contributed by atoms with van der Waals surface area (Å²) in [4.78, 5) is 4.43. The summed E-state index contributed by atoms with van der Waals surface area (Å²) >= 11 is 3.48. The van der Waals surface area contributed by atoms with Gasteiger partial charge in [0.25, 0.3) is 0 Å². The maximum atomic E-state index is 6.20. The molecule has 102 valence electrons. The third-order valence-corrected chi connectivity index (χ3v) is 3.57. The topological polar surface area (TPSA) is 53.1 Å². The number of nitrogens with zero attached hydrogens (tertiary/aromatic N) is 2. The second-order valence-corrected chi connectivity index (χ2v) is 6.22. The molecule has 0 unspecified atom stereocenters. The summed E-state index contributed by atoms with van der Waals surface area (Å²) < 4.78 is 8.08. The van der Waals surface area contributed by atoms with Gasteiger partial charge in [-0.15, -0.1) is 0 Å². The summed E-state index contributed by atoms with van der Waals surface area (Å²) in [6.07, 6.45) is 1.78. The van der Waals surface area contributed by atoms with E-state index in [9.17, 15) is 0 Å². The fourth-order valence-corrected chi connectivity index (χ4v) is 2.47. The van der Waals surface area contributed by atoms with Crippen LogP contribution in [0.25, 0.3) is 11.3 Å². The standard InChI is InChI=1S/C14H18BrN3O/c1-14(2,3)18-8-17-12(13(18)16)9-5-6-11(19-4)10(15)7-9/h5-8H,16H2,1-4H3. The van der Waals surface area contributed by atoms with Crippen LogP contribution in [0.2, 0.25) is 0 Å². The lowest BCUT2D eigenvalue weighted by Crippen LogP contribution is -2.22. The van der Waals surface area contributed by atoms with Crippen molar-refractivity contribution in [3.05, 3.63) is 29.0 Å². The molecule has 5 heteroatoms. The number of ether oxygens (including phenoxy) is 1. The van der Waals surface area contributed by atoms with E-state index in [0.29, 0.717) is 5.82 Å². The summed E-state index contributed by atoms with van der Waals surface area (Å²) in [6.45, 7) is 6.29. The van der Waals surface area contributed by atoms with E-state index < -0.39 is 0 Å². The van der Waals surface area contributed by atoms with Crippen molar-refractivity contribution in [2.24, 2.45) is 0 Å². The number of nitrogens with two attached hydrogens (primary N) is 1. The first kappa shape index (κ1) is 13.9. The van der Waals surface area contributed by atoms with Gasteiger partial charge in [-0.3, -0.25) is 0 Å². The number of benzene rings is 1. The number of methoxy groups -OCH3 is 1. The molecule has 0 saturated heterocycles. The van der Waals surface area contributed by atoms with Crippen LogP contribution in [0.3, 0.4) is 0 Å². The Labute approximate surface area is 121 Å². The maximum Gasteiger partial charge on any atom is 0.133 e.